The van der Waals surface area contributed by atoms with E-state index >= 15 is 0 Å². The van der Waals surface area contributed by atoms with Gasteiger partial charge in [-0.05, 0) is 12.1 Å². The van der Waals surface area contributed by atoms with Crippen molar-refractivity contribution in [2.75, 3.05) is 0 Å². The van der Waals surface area contributed by atoms with E-state index in [1.54, 1.807) is 0 Å². The first-order chi connectivity index (χ1) is 5.74. The molecule has 0 atom stereocenters. The zero-order valence-corrected chi connectivity index (χ0v) is 6.25. The molecule has 3 heteroatoms. The third kappa shape index (κ3) is 1.89. The maximum Gasteiger partial charge on any atom is 0.193 e. The summed E-state index contributed by atoms with van der Waals surface area (Å²) in [5, 5.41) is 0. The molecule has 0 spiro atoms. The number of carbonyl (C=O) groups is 1. The Morgan fingerprint density at radius 2 is 2.42 bits per heavy atom. The molecule has 0 unspecified atom stereocenters. The first-order valence-electron chi connectivity index (χ1n) is 3.32. The Morgan fingerprint density at radius 1 is 1.67 bits per heavy atom. The number of aromatic nitrogens is 1. The lowest BCUT2D eigenvalue weighted by Crippen LogP contribution is -2.00. The van der Waals surface area contributed by atoms with Crippen LogP contribution in [-0.2, 0) is 0 Å². The predicted molar refractivity (Wildman–Crippen MR) is 42.0 cm³/mol. The van der Waals surface area contributed by atoms with E-state index in [2.05, 4.69) is 10.9 Å². The molecule has 1 aromatic heterocycles. The fourth-order valence-electron chi connectivity index (χ4n) is 0.724. The first-order valence-corrected chi connectivity index (χ1v) is 3.32. The molecule has 2 nitrogen and oxygen atoms in total. The van der Waals surface area contributed by atoms with E-state index in [0.29, 0.717) is 0 Å². The van der Waals surface area contributed by atoms with E-state index in [1.807, 2.05) is 0 Å². The summed E-state index contributed by atoms with van der Waals surface area (Å²) >= 11 is 0. The van der Waals surface area contributed by atoms with E-state index in [9.17, 15) is 9.18 Å². The van der Waals surface area contributed by atoms with Crippen LogP contribution >= 0.6 is 0 Å². The monoisotopic (exact) mass is 163 g/mol. The van der Waals surface area contributed by atoms with E-state index < -0.39 is 5.82 Å². The number of Topliss-reactive ketones (excluding diaryl/α,β-unsaturated/α-hetero) is 1. The number of ketones is 1. The van der Waals surface area contributed by atoms with Gasteiger partial charge >= 0.3 is 0 Å². The van der Waals surface area contributed by atoms with Crippen molar-refractivity contribution in [1.29, 1.82) is 0 Å². The van der Waals surface area contributed by atoms with Crippen molar-refractivity contribution in [2.45, 2.75) is 6.42 Å². The number of hydrogen-bond acceptors (Lipinski definition) is 2. The summed E-state index contributed by atoms with van der Waals surface area (Å²) in [7, 11) is 0. The van der Waals surface area contributed by atoms with E-state index in [4.69, 9.17) is 6.42 Å². The zero-order valence-electron chi connectivity index (χ0n) is 6.25. The SMILES string of the molecule is C#CCC(=O)c1ccc(F)cn1. The van der Waals surface area contributed by atoms with Crippen LogP contribution in [0.25, 0.3) is 0 Å². The predicted octanol–water partition coefficient (Wildman–Crippen LogP) is 1.43. The molecule has 0 N–H and O–H groups in total. The molecule has 0 aromatic carbocycles. The maximum absolute atomic E-state index is 12.3. The van der Waals surface area contributed by atoms with Crippen molar-refractivity contribution in [3.8, 4) is 12.3 Å². The Balaban J connectivity index is 2.84. The summed E-state index contributed by atoms with van der Waals surface area (Å²) in [4.78, 5) is 14.6. The van der Waals surface area contributed by atoms with Crippen molar-refractivity contribution in [2.24, 2.45) is 0 Å². The second-order valence-electron chi connectivity index (χ2n) is 2.17. The molecular formula is C9H6FNO. The second-order valence-corrected chi connectivity index (χ2v) is 2.17. The number of rotatable bonds is 2. The van der Waals surface area contributed by atoms with Crippen LogP contribution in [0.5, 0.6) is 0 Å². The van der Waals surface area contributed by atoms with Crippen LogP contribution in [-0.4, -0.2) is 10.8 Å². The summed E-state index contributed by atoms with van der Waals surface area (Å²) < 4.78 is 12.3. The number of halogens is 1. The number of nitrogens with zero attached hydrogens (tertiary/aromatic N) is 1. The molecule has 1 aromatic rings. The molecule has 1 heterocycles. The summed E-state index contributed by atoms with van der Waals surface area (Å²) in [6.45, 7) is 0. The fraction of sp³-hybridized carbons (Fsp3) is 0.111. The number of terminal acetylenes is 1. The molecule has 60 valence electrons. The van der Waals surface area contributed by atoms with Crippen LogP contribution in [0.2, 0.25) is 0 Å². The van der Waals surface area contributed by atoms with Gasteiger partial charge in [-0.1, -0.05) is 5.92 Å². The maximum atomic E-state index is 12.3. The van der Waals surface area contributed by atoms with Gasteiger partial charge in [0.25, 0.3) is 0 Å². The van der Waals surface area contributed by atoms with Crippen LogP contribution < -0.4 is 0 Å². The van der Waals surface area contributed by atoms with Crippen molar-refractivity contribution in [3.63, 3.8) is 0 Å². The summed E-state index contributed by atoms with van der Waals surface area (Å²) in [5.74, 6) is 1.47. The Labute approximate surface area is 69.4 Å². The van der Waals surface area contributed by atoms with Gasteiger partial charge in [0, 0.05) is 0 Å². The number of carbonyl (C=O) groups excluding carboxylic acids is 1. The number of pyridine rings is 1. The molecular weight excluding hydrogens is 157 g/mol. The Kier molecular flexibility index (Phi) is 2.54. The summed E-state index contributed by atoms with van der Waals surface area (Å²) in [6, 6.07) is 2.49. The smallest absolute Gasteiger partial charge is 0.193 e. The van der Waals surface area contributed by atoms with Gasteiger partial charge in [-0.3, -0.25) is 9.78 Å². The summed E-state index contributed by atoms with van der Waals surface area (Å²) in [6.07, 6.45) is 5.91. The minimum Gasteiger partial charge on any atom is -0.291 e. The Bertz CT molecular complexity index is 323. The molecule has 0 fully saturated rings. The molecule has 0 saturated carbocycles. The van der Waals surface area contributed by atoms with Gasteiger partial charge in [-0.25, -0.2) is 4.39 Å². The largest absolute Gasteiger partial charge is 0.291 e. The van der Waals surface area contributed by atoms with Crippen LogP contribution in [0.1, 0.15) is 16.9 Å². The van der Waals surface area contributed by atoms with Crippen molar-refractivity contribution in [3.05, 3.63) is 29.8 Å². The van der Waals surface area contributed by atoms with Gasteiger partial charge in [0.1, 0.15) is 11.5 Å². The Hall–Kier alpha value is -1.69. The standard InChI is InChI=1S/C9H6FNO/c1-2-3-9(12)8-5-4-7(10)6-11-8/h1,4-6H,3H2. The van der Waals surface area contributed by atoms with Crippen molar-refractivity contribution >= 4 is 5.78 Å². The minimum absolute atomic E-state index is 0.00136. The molecule has 12 heavy (non-hydrogen) atoms. The highest BCUT2D eigenvalue weighted by Gasteiger charge is 2.04. The zero-order chi connectivity index (χ0) is 8.97. The lowest BCUT2D eigenvalue weighted by atomic mass is 10.2. The third-order valence-corrected chi connectivity index (χ3v) is 1.28. The molecule has 0 aliphatic carbocycles. The Morgan fingerprint density at radius 3 is 2.92 bits per heavy atom. The normalized spacial score (nSPS) is 9.00. The van der Waals surface area contributed by atoms with Crippen molar-refractivity contribution < 1.29 is 9.18 Å². The van der Waals surface area contributed by atoms with Gasteiger partial charge in [-0.15, -0.1) is 6.42 Å². The highest BCUT2D eigenvalue weighted by Crippen LogP contribution is 2.00. The minimum atomic E-state index is -0.466. The van der Waals surface area contributed by atoms with Crippen LogP contribution in [0, 0.1) is 18.2 Å². The van der Waals surface area contributed by atoms with E-state index in [-0.39, 0.29) is 17.9 Å². The van der Waals surface area contributed by atoms with Gasteiger partial charge in [0.15, 0.2) is 5.78 Å². The summed E-state index contributed by atoms with van der Waals surface area (Å²) in [5.41, 5.74) is 0.203. The van der Waals surface area contributed by atoms with E-state index in [0.717, 1.165) is 6.20 Å². The van der Waals surface area contributed by atoms with Crippen LogP contribution in [0.4, 0.5) is 4.39 Å². The van der Waals surface area contributed by atoms with Crippen molar-refractivity contribution in [1.82, 2.24) is 4.98 Å². The average molecular weight is 163 g/mol. The molecule has 0 bridgehead atoms. The molecule has 1 rings (SSSR count). The third-order valence-electron chi connectivity index (χ3n) is 1.28. The van der Waals surface area contributed by atoms with E-state index in [1.165, 1.54) is 12.1 Å². The van der Waals surface area contributed by atoms with Crippen LogP contribution in [0.3, 0.4) is 0 Å². The van der Waals surface area contributed by atoms with Gasteiger partial charge in [0.05, 0.1) is 12.6 Å². The second kappa shape index (κ2) is 3.63. The molecule has 0 amide bonds. The lowest BCUT2D eigenvalue weighted by Gasteiger charge is -1.93. The van der Waals surface area contributed by atoms with Gasteiger partial charge in [0.2, 0.25) is 0 Å². The highest BCUT2D eigenvalue weighted by molar-refractivity contribution is 5.95. The molecule has 0 saturated heterocycles. The average Bonchev–Trinajstić information content (AvgIpc) is 2.06. The topological polar surface area (TPSA) is 30.0 Å². The lowest BCUT2D eigenvalue weighted by molar-refractivity contribution is 0.0993. The first kappa shape index (κ1) is 8.41. The highest BCUT2D eigenvalue weighted by atomic mass is 19.1. The van der Waals surface area contributed by atoms with Crippen LogP contribution in [0.15, 0.2) is 18.3 Å². The quantitative estimate of drug-likeness (QED) is 0.487. The molecule has 0 radical (unpaired) electrons. The van der Waals surface area contributed by atoms with Gasteiger partial charge < -0.3 is 0 Å². The fourth-order valence-corrected chi connectivity index (χ4v) is 0.724. The molecule has 0 aliphatic rings. The number of hydrogen-bond donors (Lipinski definition) is 0. The molecule has 0 aliphatic heterocycles. The van der Waals surface area contributed by atoms with Gasteiger partial charge in [-0.2, -0.15) is 0 Å².